The van der Waals surface area contributed by atoms with Crippen LogP contribution >= 0.6 is 0 Å². The van der Waals surface area contributed by atoms with Crippen molar-refractivity contribution in [3.8, 4) is 0 Å². The molecule has 1 heterocycles. The second-order valence-corrected chi connectivity index (χ2v) is 8.47. The van der Waals surface area contributed by atoms with E-state index in [2.05, 4.69) is 47.5 Å². The van der Waals surface area contributed by atoms with Crippen LogP contribution in [-0.4, -0.2) is 42.9 Å². The van der Waals surface area contributed by atoms with Gasteiger partial charge in [0.2, 0.25) is 11.8 Å². The molecular weight excluding hydrogens is 362 g/mol. The lowest BCUT2D eigenvalue weighted by Gasteiger charge is -2.36. The van der Waals surface area contributed by atoms with Crippen molar-refractivity contribution in [3.63, 3.8) is 0 Å². The second-order valence-electron chi connectivity index (χ2n) is 8.47. The molecule has 2 aromatic carbocycles. The van der Waals surface area contributed by atoms with Gasteiger partial charge in [-0.1, -0.05) is 18.2 Å². The summed E-state index contributed by atoms with van der Waals surface area (Å²) in [6.07, 6.45) is 0.660. The van der Waals surface area contributed by atoms with Gasteiger partial charge >= 0.3 is 0 Å². The largest absolute Gasteiger partial charge is 0.368 e. The topological polar surface area (TPSA) is 52.7 Å². The number of amides is 2. The zero-order valence-corrected chi connectivity index (χ0v) is 17.4. The van der Waals surface area contributed by atoms with E-state index < -0.39 is 0 Å². The smallest absolute Gasteiger partial charge is 0.228 e. The van der Waals surface area contributed by atoms with Crippen LogP contribution in [0.3, 0.4) is 0 Å². The van der Waals surface area contributed by atoms with Crippen molar-refractivity contribution in [2.24, 2.45) is 11.8 Å². The average Bonchev–Trinajstić information content (AvgIpc) is 3.48. The molecule has 5 heteroatoms. The maximum atomic E-state index is 12.9. The molecule has 2 atom stereocenters. The van der Waals surface area contributed by atoms with Gasteiger partial charge in [-0.3, -0.25) is 9.59 Å². The Morgan fingerprint density at radius 1 is 0.862 bits per heavy atom. The van der Waals surface area contributed by atoms with Crippen molar-refractivity contribution < 1.29 is 9.59 Å². The Hall–Kier alpha value is -2.82. The Bertz CT molecular complexity index is 911. The molecule has 2 amide bonds. The first-order valence-corrected chi connectivity index (χ1v) is 10.4. The Morgan fingerprint density at radius 2 is 1.55 bits per heavy atom. The van der Waals surface area contributed by atoms with Crippen molar-refractivity contribution in [3.05, 3.63) is 59.2 Å². The summed E-state index contributed by atoms with van der Waals surface area (Å²) in [6.45, 7) is 9.23. The van der Waals surface area contributed by atoms with Crippen LogP contribution in [0, 0.1) is 32.6 Å². The number of hydrogen-bond donors (Lipinski definition) is 1. The fraction of sp³-hybridized carbons (Fsp3) is 0.417. The van der Waals surface area contributed by atoms with Crippen molar-refractivity contribution in [2.75, 3.05) is 36.4 Å². The predicted molar refractivity (Wildman–Crippen MR) is 116 cm³/mol. The number of carbonyl (C=O) groups excluding carboxylic acids is 2. The highest BCUT2D eigenvalue weighted by atomic mass is 16.2. The van der Waals surface area contributed by atoms with Crippen molar-refractivity contribution in [2.45, 2.75) is 27.2 Å². The summed E-state index contributed by atoms with van der Waals surface area (Å²) in [4.78, 5) is 29.7. The van der Waals surface area contributed by atoms with Crippen molar-refractivity contribution in [1.29, 1.82) is 0 Å². The molecule has 5 nitrogen and oxygen atoms in total. The maximum absolute atomic E-state index is 12.9. The third-order valence-electron chi connectivity index (χ3n) is 5.89. The molecule has 4 rings (SSSR count). The van der Waals surface area contributed by atoms with Crippen LogP contribution in [0.4, 0.5) is 11.4 Å². The summed E-state index contributed by atoms with van der Waals surface area (Å²) < 4.78 is 0. The quantitative estimate of drug-likeness (QED) is 0.867. The minimum atomic E-state index is -0.196. The number of nitrogens with zero attached hydrogens (tertiary/aromatic N) is 2. The minimum absolute atomic E-state index is 0.0354. The van der Waals surface area contributed by atoms with Crippen LogP contribution in [0.15, 0.2) is 42.5 Å². The highest BCUT2D eigenvalue weighted by molar-refractivity contribution is 5.99. The SMILES string of the molecule is Cc1cc(C)cc(NC(=O)C2CC2C(=O)N2CCN(c3cccc(C)c3)CC2)c1. The van der Waals surface area contributed by atoms with Gasteiger partial charge < -0.3 is 15.1 Å². The second kappa shape index (κ2) is 7.90. The Balaban J connectivity index is 1.29. The molecule has 152 valence electrons. The number of hydrogen-bond acceptors (Lipinski definition) is 3. The normalized spacial score (nSPS) is 21.1. The molecule has 0 radical (unpaired) electrons. The minimum Gasteiger partial charge on any atom is -0.368 e. The summed E-state index contributed by atoms with van der Waals surface area (Å²) in [5.41, 5.74) is 5.52. The zero-order chi connectivity index (χ0) is 20.5. The van der Waals surface area contributed by atoms with Gasteiger partial charge in [-0.25, -0.2) is 0 Å². The van der Waals surface area contributed by atoms with E-state index in [4.69, 9.17) is 0 Å². The highest BCUT2D eigenvalue weighted by Gasteiger charge is 2.49. The van der Waals surface area contributed by atoms with E-state index >= 15 is 0 Å². The van der Waals surface area contributed by atoms with E-state index in [1.807, 2.05) is 30.9 Å². The lowest BCUT2D eigenvalue weighted by atomic mass is 10.1. The molecule has 1 aliphatic carbocycles. The third kappa shape index (κ3) is 4.44. The van der Waals surface area contributed by atoms with Crippen molar-refractivity contribution in [1.82, 2.24) is 4.90 Å². The van der Waals surface area contributed by atoms with Gasteiger partial charge in [0.1, 0.15) is 0 Å². The zero-order valence-electron chi connectivity index (χ0n) is 17.4. The summed E-state index contributed by atoms with van der Waals surface area (Å²) in [5, 5.41) is 2.99. The van der Waals surface area contributed by atoms with Crippen molar-refractivity contribution >= 4 is 23.2 Å². The molecular formula is C24H29N3O2. The summed E-state index contributed by atoms with van der Waals surface area (Å²) in [7, 11) is 0. The van der Waals surface area contributed by atoms with Crippen LogP contribution in [-0.2, 0) is 9.59 Å². The van der Waals surface area contributed by atoms with E-state index in [-0.39, 0.29) is 23.7 Å². The average molecular weight is 392 g/mol. The van der Waals surface area contributed by atoms with Gasteiger partial charge in [0, 0.05) is 37.6 Å². The molecule has 1 aliphatic heterocycles. The van der Waals surface area contributed by atoms with Gasteiger partial charge in [-0.15, -0.1) is 0 Å². The molecule has 0 aromatic heterocycles. The first-order chi connectivity index (χ1) is 13.9. The van der Waals surface area contributed by atoms with Gasteiger partial charge in [-0.2, -0.15) is 0 Å². The van der Waals surface area contributed by atoms with Crippen LogP contribution in [0.25, 0.3) is 0 Å². The molecule has 2 aromatic rings. The molecule has 29 heavy (non-hydrogen) atoms. The van der Waals surface area contributed by atoms with E-state index in [9.17, 15) is 9.59 Å². The van der Waals surface area contributed by atoms with Gasteiger partial charge in [-0.05, 0) is 68.1 Å². The first kappa shape index (κ1) is 19.5. The number of benzene rings is 2. The highest BCUT2D eigenvalue weighted by Crippen LogP contribution is 2.41. The fourth-order valence-corrected chi connectivity index (χ4v) is 4.28. The summed E-state index contributed by atoms with van der Waals surface area (Å²) in [6, 6.07) is 14.5. The molecule has 0 bridgehead atoms. The maximum Gasteiger partial charge on any atom is 0.228 e. The molecule has 1 saturated heterocycles. The van der Waals surface area contributed by atoms with Gasteiger partial charge in [0.15, 0.2) is 0 Å². The molecule has 0 spiro atoms. The molecule has 2 unspecified atom stereocenters. The third-order valence-corrected chi connectivity index (χ3v) is 5.89. The van der Waals surface area contributed by atoms with Gasteiger partial charge in [0.05, 0.1) is 11.8 Å². The monoisotopic (exact) mass is 391 g/mol. The van der Waals surface area contributed by atoms with E-state index in [1.54, 1.807) is 0 Å². The molecule has 1 saturated carbocycles. The summed E-state index contributed by atoms with van der Waals surface area (Å²) >= 11 is 0. The number of nitrogens with one attached hydrogen (secondary N) is 1. The number of anilines is 2. The Kier molecular flexibility index (Phi) is 5.31. The number of carbonyl (C=O) groups is 2. The fourth-order valence-electron chi connectivity index (χ4n) is 4.28. The lowest BCUT2D eigenvalue weighted by Crippen LogP contribution is -2.49. The number of aryl methyl sites for hydroxylation is 3. The van der Waals surface area contributed by atoms with Crippen LogP contribution in [0.1, 0.15) is 23.1 Å². The van der Waals surface area contributed by atoms with Crippen LogP contribution in [0.2, 0.25) is 0 Å². The lowest BCUT2D eigenvalue weighted by molar-refractivity contribution is -0.134. The Morgan fingerprint density at radius 3 is 2.21 bits per heavy atom. The van der Waals surface area contributed by atoms with Gasteiger partial charge in [0.25, 0.3) is 0 Å². The Labute approximate surface area is 172 Å². The molecule has 2 fully saturated rings. The summed E-state index contributed by atoms with van der Waals surface area (Å²) in [5.74, 6) is -0.259. The first-order valence-electron chi connectivity index (χ1n) is 10.4. The van der Waals surface area contributed by atoms with Crippen LogP contribution < -0.4 is 10.2 Å². The van der Waals surface area contributed by atoms with Crippen LogP contribution in [0.5, 0.6) is 0 Å². The number of piperazine rings is 1. The predicted octanol–water partition coefficient (Wildman–Crippen LogP) is 3.54. The standard InChI is InChI=1S/C24H29N3O2/c1-16-5-4-6-20(14-16)26-7-9-27(10-8-26)24(29)22-15-21(22)23(28)25-19-12-17(2)11-18(3)13-19/h4-6,11-14,21-22H,7-10,15H2,1-3H3,(H,25,28). The molecule has 2 aliphatic rings. The van der Waals surface area contributed by atoms with E-state index in [1.165, 1.54) is 11.3 Å². The number of rotatable bonds is 4. The van der Waals surface area contributed by atoms with E-state index in [0.717, 1.165) is 29.9 Å². The van der Waals surface area contributed by atoms with E-state index in [0.29, 0.717) is 19.5 Å². The molecule has 1 N–H and O–H groups in total.